The molecule has 1 unspecified atom stereocenters. The summed E-state index contributed by atoms with van der Waals surface area (Å²) in [5.74, 6) is -0.750. The minimum Gasteiger partial charge on any atom is -0.464 e. The van der Waals surface area contributed by atoms with Crippen LogP contribution in [0.25, 0.3) is 0 Å². The van der Waals surface area contributed by atoms with Gasteiger partial charge in [0.1, 0.15) is 0 Å². The number of thiazole rings is 1. The third-order valence-corrected chi connectivity index (χ3v) is 6.34. The van der Waals surface area contributed by atoms with Crippen molar-refractivity contribution in [1.29, 1.82) is 0 Å². The molecule has 1 atom stereocenters. The fourth-order valence-electron chi connectivity index (χ4n) is 1.94. The van der Waals surface area contributed by atoms with Crippen LogP contribution in [0.5, 0.6) is 0 Å². The monoisotopic (exact) mass is 333 g/mol. The molecule has 0 saturated heterocycles. The normalized spacial score (nSPS) is 17.0. The molecule has 1 fully saturated rings. The molecule has 7 nitrogen and oxygen atoms in total. The third kappa shape index (κ3) is 3.79. The molecule has 0 aromatic carbocycles. The highest BCUT2D eigenvalue weighted by Crippen LogP contribution is 2.27. The van der Waals surface area contributed by atoms with Crippen LogP contribution >= 0.6 is 11.3 Å². The van der Waals surface area contributed by atoms with Crippen molar-refractivity contribution in [1.82, 2.24) is 14.6 Å². The van der Waals surface area contributed by atoms with Crippen molar-refractivity contribution < 1.29 is 17.9 Å². The Labute approximate surface area is 128 Å². The van der Waals surface area contributed by atoms with Crippen LogP contribution in [0.3, 0.4) is 0 Å². The average molecular weight is 333 g/mol. The van der Waals surface area contributed by atoms with Gasteiger partial charge >= 0.3 is 5.97 Å². The zero-order valence-corrected chi connectivity index (χ0v) is 13.8. The number of hydrogen-bond donors (Lipinski definition) is 1. The minimum atomic E-state index is -3.76. The van der Waals surface area contributed by atoms with E-state index in [0.717, 1.165) is 24.2 Å². The van der Waals surface area contributed by atoms with Gasteiger partial charge in [0.05, 0.1) is 12.6 Å². The molecule has 0 spiro atoms. The fourth-order valence-corrected chi connectivity index (χ4v) is 4.24. The lowest BCUT2D eigenvalue weighted by Gasteiger charge is -2.24. The van der Waals surface area contributed by atoms with Crippen LogP contribution in [0.1, 0.15) is 30.3 Å². The molecular weight excluding hydrogens is 314 g/mol. The van der Waals surface area contributed by atoms with E-state index < -0.39 is 16.0 Å². The highest BCUT2D eigenvalue weighted by Gasteiger charge is 2.31. The van der Waals surface area contributed by atoms with Crippen molar-refractivity contribution in [2.45, 2.75) is 36.1 Å². The summed E-state index contributed by atoms with van der Waals surface area (Å²) in [5.41, 5.74) is 1.15. The van der Waals surface area contributed by atoms with Gasteiger partial charge in [-0.05, 0) is 26.8 Å². The quantitative estimate of drug-likeness (QED) is 0.739. The van der Waals surface area contributed by atoms with E-state index in [0.29, 0.717) is 6.04 Å². The Bertz CT molecular complexity index is 610. The van der Waals surface area contributed by atoms with Gasteiger partial charge in [-0.25, -0.2) is 22.9 Å². The Morgan fingerprint density at radius 3 is 2.86 bits per heavy atom. The van der Waals surface area contributed by atoms with Gasteiger partial charge in [-0.15, -0.1) is 11.3 Å². The van der Waals surface area contributed by atoms with E-state index in [2.05, 4.69) is 19.3 Å². The Kier molecular flexibility index (Phi) is 4.97. The van der Waals surface area contributed by atoms with E-state index in [1.807, 2.05) is 14.0 Å². The molecule has 0 aliphatic heterocycles. The molecule has 1 aromatic heterocycles. The van der Waals surface area contributed by atoms with E-state index in [4.69, 9.17) is 0 Å². The highest BCUT2D eigenvalue weighted by atomic mass is 32.2. The van der Waals surface area contributed by atoms with Crippen LogP contribution in [0.15, 0.2) is 9.72 Å². The standard InChI is InChI=1S/C12H19N3O4S2/c1-8(15(2)9-4-5-9)6-14-21(17,18)12-10(11(16)19-3)13-7-20-12/h7-9,14H,4-6H2,1-3H3. The van der Waals surface area contributed by atoms with Gasteiger partial charge in [0, 0.05) is 18.6 Å². The van der Waals surface area contributed by atoms with Crippen molar-refractivity contribution in [2.75, 3.05) is 20.7 Å². The number of aromatic nitrogens is 1. The number of carbonyl (C=O) groups is 1. The summed E-state index contributed by atoms with van der Waals surface area (Å²) in [7, 11) is -0.576. The van der Waals surface area contributed by atoms with Gasteiger partial charge in [0.15, 0.2) is 9.90 Å². The van der Waals surface area contributed by atoms with Gasteiger partial charge < -0.3 is 4.74 Å². The zero-order chi connectivity index (χ0) is 15.6. The first-order valence-corrected chi connectivity index (χ1v) is 8.96. The Morgan fingerprint density at radius 2 is 2.29 bits per heavy atom. The minimum absolute atomic E-state index is 0.0850. The number of esters is 1. The largest absolute Gasteiger partial charge is 0.464 e. The lowest BCUT2D eigenvalue weighted by Crippen LogP contribution is -2.41. The zero-order valence-electron chi connectivity index (χ0n) is 12.2. The number of nitrogens with zero attached hydrogens (tertiary/aromatic N) is 2. The van der Waals surface area contributed by atoms with Crippen LogP contribution in [0.4, 0.5) is 0 Å². The topological polar surface area (TPSA) is 88.6 Å². The number of ether oxygens (including phenoxy) is 1. The summed E-state index contributed by atoms with van der Waals surface area (Å²) < 4.78 is 31.5. The van der Waals surface area contributed by atoms with E-state index >= 15 is 0 Å². The van der Waals surface area contributed by atoms with Gasteiger partial charge in [-0.2, -0.15) is 0 Å². The van der Waals surface area contributed by atoms with Gasteiger partial charge in [-0.1, -0.05) is 0 Å². The Hall–Kier alpha value is -1.03. The maximum atomic E-state index is 12.3. The number of rotatable bonds is 7. The fraction of sp³-hybridized carbons (Fsp3) is 0.667. The number of carbonyl (C=O) groups excluding carboxylic acids is 1. The van der Waals surface area contributed by atoms with Gasteiger partial charge in [0.2, 0.25) is 0 Å². The maximum Gasteiger partial charge on any atom is 0.358 e. The van der Waals surface area contributed by atoms with E-state index in [1.165, 1.54) is 12.6 Å². The number of methoxy groups -OCH3 is 1. The molecule has 2 rings (SSSR count). The van der Waals surface area contributed by atoms with Crippen molar-refractivity contribution in [2.24, 2.45) is 0 Å². The van der Waals surface area contributed by atoms with Crippen LogP contribution in [-0.4, -0.2) is 57.1 Å². The molecular formula is C12H19N3O4S2. The lowest BCUT2D eigenvalue weighted by molar-refractivity contribution is 0.0590. The highest BCUT2D eigenvalue weighted by molar-refractivity contribution is 7.91. The molecule has 0 radical (unpaired) electrons. The van der Waals surface area contributed by atoms with Gasteiger partial charge in [0.25, 0.3) is 10.0 Å². The molecule has 118 valence electrons. The molecule has 1 N–H and O–H groups in total. The van der Waals surface area contributed by atoms with Crippen LogP contribution in [0, 0.1) is 0 Å². The molecule has 1 aliphatic rings. The first kappa shape index (κ1) is 16.3. The molecule has 1 heterocycles. The molecule has 1 aliphatic carbocycles. The van der Waals surface area contributed by atoms with Crippen LogP contribution in [0.2, 0.25) is 0 Å². The maximum absolute atomic E-state index is 12.3. The van der Waals surface area contributed by atoms with E-state index in [9.17, 15) is 13.2 Å². The SMILES string of the molecule is COC(=O)c1ncsc1S(=O)(=O)NCC(C)N(C)C1CC1. The summed E-state index contributed by atoms with van der Waals surface area (Å²) in [4.78, 5) is 17.4. The first-order valence-electron chi connectivity index (χ1n) is 6.60. The second-order valence-corrected chi connectivity index (χ2v) is 7.89. The Morgan fingerprint density at radius 1 is 1.62 bits per heavy atom. The molecule has 0 bridgehead atoms. The van der Waals surface area contributed by atoms with Gasteiger partial charge in [-0.3, -0.25) is 4.90 Å². The van der Waals surface area contributed by atoms with Crippen molar-refractivity contribution in [3.63, 3.8) is 0 Å². The van der Waals surface area contributed by atoms with Crippen LogP contribution in [-0.2, 0) is 14.8 Å². The average Bonchev–Trinajstić information content (AvgIpc) is 3.19. The molecule has 0 amide bonds. The molecule has 1 saturated carbocycles. The number of likely N-dealkylation sites (N-methyl/N-ethyl adjacent to an activating group) is 1. The first-order chi connectivity index (χ1) is 9.86. The lowest BCUT2D eigenvalue weighted by atomic mass is 10.3. The van der Waals surface area contributed by atoms with Crippen LogP contribution < -0.4 is 4.72 Å². The smallest absolute Gasteiger partial charge is 0.358 e. The van der Waals surface area contributed by atoms with Crippen molar-refractivity contribution >= 4 is 27.3 Å². The summed E-state index contributed by atoms with van der Waals surface area (Å²) in [6.45, 7) is 2.25. The van der Waals surface area contributed by atoms with Crippen molar-refractivity contribution in [3.05, 3.63) is 11.2 Å². The molecule has 1 aromatic rings. The predicted molar refractivity (Wildman–Crippen MR) is 78.9 cm³/mol. The second-order valence-electron chi connectivity index (χ2n) is 5.08. The number of hydrogen-bond acceptors (Lipinski definition) is 7. The number of sulfonamides is 1. The molecule has 9 heteroatoms. The third-order valence-electron chi connectivity index (χ3n) is 3.54. The summed E-state index contributed by atoms with van der Waals surface area (Å²) in [6.07, 6.45) is 2.32. The summed E-state index contributed by atoms with van der Waals surface area (Å²) in [6, 6.07) is 0.639. The van der Waals surface area contributed by atoms with Crippen molar-refractivity contribution in [3.8, 4) is 0 Å². The predicted octanol–water partition coefficient (Wildman–Crippen LogP) is 0.691. The van der Waals surface area contributed by atoms with E-state index in [-0.39, 0.29) is 22.5 Å². The van der Waals surface area contributed by atoms with E-state index in [1.54, 1.807) is 0 Å². The number of nitrogens with one attached hydrogen (secondary N) is 1. The molecule has 21 heavy (non-hydrogen) atoms. The Balaban J connectivity index is 2.04. The second kappa shape index (κ2) is 6.39. The summed E-state index contributed by atoms with van der Waals surface area (Å²) in [5, 5.41) is 0. The summed E-state index contributed by atoms with van der Waals surface area (Å²) >= 11 is 0.903.